The van der Waals surface area contributed by atoms with E-state index in [1.807, 2.05) is 24.3 Å². The minimum Gasteiger partial charge on any atom is -0.206 e. The van der Waals surface area contributed by atoms with Crippen molar-refractivity contribution in [3.05, 3.63) is 51.3 Å². The Labute approximate surface area is 136 Å². The van der Waals surface area contributed by atoms with Crippen LogP contribution in [-0.2, 0) is 22.4 Å². The van der Waals surface area contributed by atoms with Gasteiger partial charge in [0.15, 0.2) is 0 Å². The third kappa shape index (κ3) is 3.43. The predicted molar refractivity (Wildman–Crippen MR) is 86.7 cm³/mol. The first-order chi connectivity index (χ1) is 9.45. The van der Waals surface area contributed by atoms with Gasteiger partial charge < -0.3 is 0 Å². The van der Waals surface area contributed by atoms with Crippen molar-refractivity contribution >= 4 is 48.9 Å². The van der Waals surface area contributed by atoms with E-state index >= 15 is 0 Å². The average Bonchev–Trinajstić information content (AvgIpc) is 2.90. The summed E-state index contributed by atoms with van der Waals surface area (Å²) >= 11 is 10.3. The van der Waals surface area contributed by atoms with Crippen LogP contribution in [0.5, 0.6) is 0 Å². The Morgan fingerprint density at radius 3 is 2.65 bits per heavy atom. The van der Waals surface area contributed by atoms with Crippen molar-refractivity contribution in [2.45, 2.75) is 16.6 Å². The van der Waals surface area contributed by atoms with Crippen molar-refractivity contribution in [2.75, 3.05) is 7.05 Å². The molecule has 108 valence electrons. The quantitative estimate of drug-likeness (QED) is 0.717. The van der Waals surface area contributed by atoms with Gasteiger partial charge in [-0.1, -0.05) is 34.1 Å². The van der Waals surface area contributed by atoms with E-state index in [1.165, 1.54) is 15.6 Å². The average molecular weight is 395 g/mol. The minimum absolute atomic E-state index is 0.317. The molecule has 0 spiro atoms. The largest absolute Gasteiger partial charge is 0.252 e. The molecule has 0 bridgehead atoms. The highest BCUT2D eigenvalue weighted by molar-refractivity contribution is 9.10. The first kappa shape index (κ1) is 16.0. The number of benzene rings is 1. The van der Waals surface area contributed by atoms with Gasteiger partial charge >= 0.3 is 0 Å². The van der Waals surface area contributed by atoms with Crippen LogP contribution in [-0.4, -0.2) is 19.8 Å². The van der Waals surface area contributed by atoms with Crippen LogP contribution in [0.2, 0.25) is 0 Å². The molecule has 0 saturated heterocycles. The Hall–Kier alpha value is -0.400. The maximum absolute atomic E-state index is 12.5. The lowest BCUT2D eigenvalue weighted by molar-refractivity contribution is 0.468. The molecule has 1 aromatic heterocycles. The molecular weight excluding hydrogens is 382 g/mol. The molecule has 0 unspecified atom stereocenters. The summed E-state index contributed by atoms with van der Waals surface area (Å²) in [5.74, 6) is 0.319. The van der Waals surface area contributed by atoms with E-state index in [0.29, 0.717) is 16.6 Å². The summed E-state index contributed by atoms with van der Waals surface area (Å²) in [5.41, 5.74) is 1.75. The fourth-order valence-electron chi connectivity index (χ4n) is 1.66. The van der Waals surface area contributed by atoms with Crippen LogP contribution in [0.4, 0.5) is 0 Å². The van der Waals surface area contributed by atoms with Crippen molar-refractivity contribution in [2.24, 2.45) is 0 Å². The number of nitrogens with zero attached hydrogens (tertiary/aromatic N) is 1. The van der Waals surface area contributed by atoms with Crippen molar-refractivity contribution in [3.8, 4) is 0 Å². The molecule has 0 amide bonds. The lowest BCUT2D eigenvalue weighted by Crippen LogP contribution is -2.26. The van der Waals surface area contributed by atoms with Gasteiger partial charge in [0.05, 0.1) is 0 Å². The summed E-state index contributed by atoms with van der Waals surface area (Å²) in [7, 11) is -1.89. The first-order valence-electron chi connectivity index (χ1n) is 5.78. The molecule has 0 radical (unpaired) electrons. The Bertz CT molecular complexity index is 700. The van der Waals surface area contributed by atoms with E-state index < -0.39 is 10.0 Å². The van der Waals surface area contributed by atoms with Crippen LogP contribution in [0.15, 0.2) is 44.4 Å². The Morgan fingerprint density at radius 1 is 1.35 bits per heavy atom. The first-order valence-corrected chi connectivity index (χ1v) is 9.43. The highest BCUT2D eigenvalue weighted by Crippen LogP contribution is 2.26. The molecule has 0 N–H and O–H groups in total. The Kier molecular flexibility index (Phi) is 5.25. The molecule has 0 aliphatic rings. The SMILES string of the molecule is CN(Cc1ccccc1Br)S(=O)(=O)c1cc(CCl)cs1. The Morgan fingerprint density at radius 2 is 2.05 bits per heavy atom. The highest BCUT2D eigenvalue weighted by atomic mass is 79.9. The van der Waals surface area contributed by atoms with Crippen LogP contribution >= 0.6 is 38.9 Å². The molecule has 0 fully saturated rings. The maximum Gasteiger partial charge on any atom is 0.252 e. The van der Waals surface area contributed by atoms with Gasteiger partial charge in [-0.3, -0.25) is 0 Å². The molecule has 2 rings (SSSR count). The highest BCUT2D eigenvalue weighted by Gasteiger charge is 2.23. The van der Waals surface area contributed by atoms with E-state index in [1.54, 1.807) is 18.5 Å². The minimum atomic E-state index is -3.47. The van der Waals surface area contributed by atoms with Gasteiger partial charge in [-0.15, -0.1) is 22.9 Å². The monoisotopic (exact) mass is 393 g/mol. The number of hydrogen-bond donors (Lipinski definition) is 0. The van der Waals surface area contributed by atoms with Crippen LogP contribution in [0.25, 0.3) is 0 Å². The van der Waals surface area contributed by atoms with E-state index in [9.17, 15) is 8.42 Å². The second kappa shape index (κ2) is 6.58. The number of sulfonamides is 1. The topological polar surface area (TPSA) is 37.4 Å². The molecule has 1 aromatic carbocycles. The van der Waals surface area contributed by atoms with Gasteiger partial charge in [-0.2, -0.15) is 4.31 Å². The number of hydrogen-bond acceptors (Lipinski definition) is 3. The number of halogens is 2. The Balaban J connectivity index is 2.23. The summed E-state index contributed by atoms with van der Waals surface area (Å²) in [4.78, 5) is 0. The second-order valence-corrected chi connectivity index (χ2v) is 8.56. The van der Waals surface area contributed by atoms with Crippen molar-refractivity contribution in [1.82, 2.24) is 4.31 Å². The standard InChI is InChI=1S/C13H13BrClNO2S2/c1-16(8-11-4-2-3-5-12(11)14)20(17,18)13-6-10(7-15)9-19-13/h2-6,9H,7-8H2,1H3. The zero-order valence-corrected chi connectivity index (χ0v) is 14.7. The molecule has 2 aromatic rings. The summed E-state index contributed by atoms with van der Waals surface area (Å²) in [6.45, 7) is 0.317. The van der Waals surface area contributed by atoms with Crippen molar-refractivity contribution in [1.29, 1.82) is 0 Å². The van der Waals surface area contributed by atoms with Crippen LogP contribution in [0.1, 0.15) is 11.1 Å². The van der Waals surface area contributed by atoms with E-state index in [0.717, 1.165) is 15.6 Å². The smallest absolute Gasteiger partial charge is 0.206 e. The van der Waals surface area contributed by atoms with E-state index in [4.69, 9.17) is 11.6 Å². The molecule has 1 heterocycles. The molecule has 20 heavy (non-hydrogen) atoms. The van der Waals surface area contributed by atoms with Gasteiger partial charge in [0.1, 0.15) is 4.21 Å². The molecule has 0 atom stereocenters. The van der Waals surface area contributed by atoms with Gasteiger partial charge in [0, 0.05) is 23.9 Å². The summed E-state index contributed by atoms with van der Waals surface area (Å²) in [6, 6.07) is 9.20. The molecule has 0 aliphatic carbocycles. The van der Waals surface area contributed by atoms with Crippen LogP contribution in [0.3, 0.4) is 0 Å². The van der Waals surface area contributed by atoms with Crippen LogP contribution < -0.4 is 0 Å². The van der Waals surface area contributed by atoms with E-state index in [2.05, 4.69) is 15.9 Å². The lowest BCUT2D eigenvalue weighted by atomic mass is 10.2. The third-order valence-corrected chi connectivity index (χ3v) is 7.15. The fourth-order valence-corrected chi connectivity index (χ4v) is 4.89. The predicted octanol–water partition coefficient (Wildman–Crippen LogP) is 4.07. The molecule has 0 aliphatic heterocycles. The zero-order valence-electron chi connectivity index (χ0n) is 10.7. The van der Waals surface area contributed by atoms with Gasteiger partial charge in [0.25, 0.3) is 10.0 Å². The second-order valence-electron chi connectivity index (χ2n) is 4.26. The number of alkyl halides is 1. The normalized spacial score (nSPS) is 12.0. The summed E-state index contributed by atoms with van der Waals surface area (Å²) < 4.78 is 27.5. The molecule has 7 heteroatoms. The molecular formula is C13H13BrClNO2S2. The summed E-state index contributed by atoms with van der Waals surface area (Å²) in [5, 5.41) is 1.77. The van der Waals surface area contributed by atoms with Crippen molar-refractivity contribution < 1.29 is 8.42 Å². The van der Waals surface area contributed by atoms with Crippen molar-refractivity contribution in [3.63, 3.8) is 0 Å². The third-order valence-electron chi connectivity index (χ3n) is 2.80. The van der Waals surface area contributed by atoms with E-state index in [-0.39, 0.29) is 0 Å². The molecule has 3 nitrogen and oxygen atoms in total. The van der Waals surface area contributed by atoms with Gasteiger partial charge in [-0.25, -0.2) is 8.42 Å². The van der Waals surface area contributed by atoms with Gasteiger partial charge in [-0.05, 0) is 28.6 Å². The summed E-state index contributed by atoms with van der Waals surface area (Å²) in [6.07, 6.45) is 0. The van der Waals surface area contributed by atoms with Crippen LogP contribution in [0, 0.1) is 0 Å². The number of thiophene rings is 1. The number of rotatable bonds is 5. The molecule has 0 saturated carbocycles. The van der Waals surface area contributed by atoms with Gasteiger partial charge in [0.2, 0.25) is 0 Å². The fraction of sp³-hybridized carbons (Fsp3) is 0.231. The zero-order chi connectivity index (χ0) is 14.8. The maximum atomic E-state index is 12.5. The lowest BCUT2D eigenvalue weighted by Gasteiger charge is -2.16.